The summed E-state index contributed by atoms with van der Waals surface area (Å²) in [5.41, 5.74) is 4.16. The number of aliphatic hydroxyl groups is 2. The van der Waals surface area contributed by atoms with Crippen molar-refractivity contribution in [2.24, 2.45) is 5.41 Å². The Bertz CT molecular complexity index is 1880. The Balaban J connectivity index is 1.42. The van der Waals surface area contributed by atoms with Crippen molar-refractivity contribution in [3.05, 3.63) is 131 Å². The van der Waals surface area contributed by atoms with Crippen LogP contribution in [0.4, 0.5) is 13.6 Å². The molecule has 4 aromatic rings. The summed E-state index contributed by atoms with van der Waals surface area (Å²) in [6, 6.07) is 24.9. The van der Waals surface area contributed by atoms with Gasteiger partial charge in [0.25, 0.3) is 11.8 Å². The van der Waals surface area contributed by atoms with E-state index in [2.05, 4.69) is 16.1 Å². The van der Waals surface area contributed by atoms with Gasteiger partial charge in [-0.05, 0) is 50.9 Å². The number of hydrogen-bond donors (Lipinski definition) is 5. The molecule has 0 saturated carbocycles. The number of carbonyl (C=O) groups excluding carboxylic acids is 3. The zero-order valence-electron chi connectivity index (χ0n) is 30.2. The van der Waals surface area contributed by atoms with E-state index < -0.39 is 58.7 Å². The van der Waals surface area contributed by atoms with Gasteiger partial charge in [0.2, 0.25) is 0 Å². The van der Waals surface area contributed by atoms with Crippen molar-refractivity contribution in [1.82, 2.24) is 21.1 Å². The number of rotatable bonds is 13. The average Bonchev–Trinajstić information content (AvgIpc) is 3.43. The predicted octanol–water partition coefficient (Wildman–Crippen LogP) is 5.37. The normalized spacial score (nSPS) is 17.0. The maximum absolute atomic E-state index is 14.1. The van der Waals surface area contributed by atoms with Crippen LogP contribution in [0.1, 0.15) is 55.5 Å². The highest BCUT2D eigenvalue weighted by atomic mass is 19.1. The van der Waals surface area contributed by atoms with Gasteiger partial charge in [0.15, 0.2) is 0 Å². The fourth-order valence-electron chi connectivity index (χ4n) is 6.55. The quantitative estimate of drug-likeness (QED) is 0.117. The number of alkyl carbamates (subject to hydrolysis) is 1. The fraction of sp³-hybridized carbons (Fsp3) is 0.341. The van der Waals surface area contributed by atoms with E-state index in [0.717, 1.165) is 17.2 Å². The Kier molecular flexibility index (Phi) is 12.3. The van der Waals surface area contributed by atoms with Gasteiger partial charge in [0.1, 0.15) is 23.3 Å². The van der Waals surface area contributed by atoms with Gasteiger partial charge in [-0.2, -0.15) is 0 Å². The number of benzene rings is 4. The molecule has 10 nitrogen and oxygen atoms in total. The largest absolute Gasteiger partial charge is 0.453 e. The van der Waals surface area contributed by atoms with E-state index in [4.69, 9.17) is 4.74 Å². The van der Waals surface area contributed by atoms with Crippen molar-refractivity contribution in [3.63, 3.8) is 0 Å². The second kappa shape index (κ2) is 16.7. The average molecular weight is 729 g/mol. The molecule has 0 unspecified atom stereocenters. The smallest absolute Gasteiger partial charge is 0.407 e. The molecule has 3 amide bonds. The number of amides is 3. The van der Waals surface area contributed by atoms with E-state index in [0.29, 0.717) is 28.7 Å². The van der Waals surface area contributed by atoms with Crippen LogP contribution in [0.15, 0.2) is 97.1 Å². The van der Waals surface area contributed by atoms with Gasteiger partial charge in [-0.1, -0.05) is 99.6 Å². The highest BCUT2D eigenvalue weighted by Crippen LogP contribution is 2.32. The molecule has 0 aliphatic heterocycles. The molecule has 0 bridgehead atoms. The Hall–Kier alpha value is -5.17. The van der Waals surface area contributed by atoms with Gasteiger partial charge in [-0.3, -0.25) is 15.0 Å². The molecule has 5 N–H and O–H groups in total. The van der Waals surface area contributed by atoms with Crippen LogP contribution in [0, 0.1) is 17.0 Å². The number of halogens is 2. The molecule has 0 radical (unpaired) electrons. The maximum Gasteiger partial charge on any atom is 0.407 e. The zero-order valence-corrected chi connectivity index (χ0v) is 30.2. The summed E-state index contributed by atoms with van der Waals surface area (Å²) < 4.78 is 32.6. The van der Waals surface area contributed by atoms with Crippen molar-refractivity contribution in [2.75, 3.05) is 13.7 Å². The molecule has 1 aliphatic rings. The van der Waals surface area contributed by atoms with Gasteiger partial charge < -0.3 is 25.6 Å². The van der Waals surface area contributed by atoms with Crippen molar-refractivity contribution in [2.45, 2.75) is 70.4 Å². The number of hydrogen-bond acceptors (Lipinski definition) is 7. The minimum atomic E-state index is -1.99. The topological polar surface area (TPSA) is 140 Å². The van der Waals surface area contributed by atoms with Crippen LogP contribution in [0.3, 0.4) is 0 Å². The molecule has 0 heterocycles. The highest BCUT2D eigenvalue weighted by molar-refractivity contribution is 5.87. The predicted molar refractivity (Wildman–Crippen MR) is 196 cm³/mol. The van der Waals surface area contributed by atoms with Crippen LogP contribution >= 0.6 is 0 Å². The SMILES string of the molecule is COC(=O)N[C@H](C(=O)NN(CC[C@@](O)(Cc1ccccc1)C(=O)N[C@H]1c2ccccc2C[C@H]1O)Cc1ccc(-c2cc(F)cc(F)c2)cc1)C(C)(C)C. The van der Waals surface area contributed by atoms with E-state index in [9.17, 15) is 33.4 Å². The zero-order chi connectivity index (χ0) is 38.3. The number of nitrogens with one attached hydrogen (secondary N) is 3. The first kappa shape index (κ1) is 39.0. The van der Waals surface area contributed by atoms with E-state index in [-0.39, 0.29) is 25.9 Å². The molecule has 4 atom stereocenters. The number of aliphatic hydroxyl groups excluding tert-OH is 1. The summed E-state index contributed by atoms with van der Waals surface area (Å²) in [5, 5.41) is 30.1. The minimum Gasteiger partial charge on any atom is -0.453 e. The van der Waals surface area contributed by atoms with Gasteiger partial charge >= 0.3 is 6.09 Å². The molecule has 5 rings (SSSR count). The second-order valence-corrected chi connectivity index (χ2v) is 14.6. The molecular weight excluding hydrogens is 682 g/mol. The molecule has 0 aromatic heterocycles. The number of carbonyl (C=O) groups is 3. The highest BCUT2D eigenvalue weighted by Gasteiger charge is 2.41. The monoisotopic (exact) mass is 728 g/mol. The number of fused-ring (bicyclic) bond motifs is 1. The van der Waals surface area contributed by atoms with Gasteiger partial charge in [0, 0.05) is 38.4 Å². The first-order valence-corrected chi connectivity index (χ1v) is 17.4. The first-order chi connectivity index (χ1) is 25.1. The lowest BCUT2D eigenvalue weighted by atomic mass is 9.86. The van der Waals surface area contributed by atoms with Crippen molar-refractivity contribution in [1.29, 1.82) is 0 Å². The number of methoxy groups -OCH3 is 1. The van der Waals surface area contributed by atoms with Crippen molar-refractivity contribution in [3.8, 4) is 11.1 Å². The lowest BCUT2D eigenvalue weighted by Gasteiger charge is -2.35. The number of nitrogens with zero attached hydrogens (tertiary/aromatic N) is 1. The lowest BCUT2D eigenvalue weighted by Crippen LogP contribution is -2.58. The van der Waals surface area contributed by atoms with Gasteiger partial charge in [0.05, 0.1) is 19.3 Å². The van der Waals surface area contributed by atoms with Gasteiger partial charge in [-0.25, -0.2) is 18.6 Å². The molecule has 53 heavy (non-hydrogen) atoms. The molecule has 4 aromatic carbocycles. The number of ether oxygens (including phenoxy) is 1. The van der Waals surface area contributed by atoms with Crippen LogP contribution in [0.25, 0.3) is 11.1 Å². The molecule has 12 heteroatoms. The van der Waals surface area contributed by atoms with Crippen molar-refractivity contribution >= 4 is 17.9 Å². The summed E-state index contributed by atoms with van der Waals surface area (Å²) in [5.74, 6) is -2.65. The van der Waals surface area contributed by atoms with E-state index >= 15 is 0 Å². The molecule has 0 saturated heterocycles. The lowest BCUT2D eigenvalue weighted by molar-refractivity contribution is -0.143. The third kappa shape index (κ3) is 10.0. The summed E-state index contributed by atoms with van der Waals surface area (Å²) >= 11 is 0. The van der Waals surface area contributed by atoms with E-state index in [1.165, 1.54) is 19.2 Å². The maximum atomic E-state index is 14.1. The summed E-state index contributed by atoms with van der Waals surface area (Å²) in [6.45, 7) is 5.41. The van der Waals surface area contributed by atoms with Crippen LogP contribution in [-0.4, -0.2) is 64.5 Å². The Labute approximate surface area is 308 Å². The van der Waals surface area contributed by atoms with E-state index in [1.54, 1.807) is 74.3 Å². The summed E-state index contributed by atoms with van der Waals surface area (Å²) in [7, 11) is 1.20. The summed E-state index contributed by atoms with van der Waals surface area (Å²) in [6.07, 6.45) is -1.51. The molecule has 0 fully saturated rings. The Morgan fingerprint density at radius 1 is 0.887 bits per heavy atom. The molecule has 0 spiro atoms. The van der Waals surface area contributed by atoms with Crippen LogP contribution in [-0.2, 0) is 33.7 Å². The molecular formula is C41H46F2N4O6. The third-order valence-electron chi connectivity index (χ3n) is 9.42. The summed E-state index contributed by atoms with van der Waals surface area (Å²) in [4.78, 5) is 40.1. The van der Waals surface area contributed by atoms with Crippen molar-refractivity contribution < 1.29 is 38.1 Å². The van der Waals surface area contributed by atoms with Crippen LogP contribution in [0.2, 0.25) is 0 Å². The Morgan fingerprint density at radius 2 is 1.53 bits per heavy atom. The molecule has 280 valence electrons. The fourth-order valence-corrected chi connectivity index (χ4v) is 6.55. The van der Waals surface area contributed by atoms with Gasteiger partial charge in [-0.15, -0.1) is 0 Å². The van der Waals surface area contributed by atoms with E-state index in [1.807, 2.05) is 30.3 Å². The molecule has 1 aliphatic carbocycles. The van der Waals surface area contributed by atoms with Crippen LogP contribution < -0.4 is 16.1 Å². The third-order valence-corrected chi connectivity index (χ3v) is 9.42. The second-order valence-electron chi connectivity index (χ2n) is 14.6. The minimum absolute atomic E-state index is 0.0295. The first-order valence-electron chi connectivity index (χ1n) is 17.4. The number of hydrazine groups is 1. The Morgan fingerprint density at radius 3 is 2.17 bits per heavy atom. The standard InChI is InChI=1S/C41H46F2N4O6/c1-40(2,3)36(45-39(51)53-4)37(49)46-47(25-27-14-16-28(17-15-27)30-20-31(42)23-32(43)21-30)19-18-41(52,24-26-10-6-5-7-11-26)38(50)44-35-33-13-9-8-12-29(33)22-34(35)48/h5-17,20-21,23,34-36,48,52H,18-19,22,24-25H2,1-4H3,(H,44,50)(H,45,51)(H,46,49)/t34-,35+,36-,41-/m1/s1. The van der Waals surface area contributed by atoms with Crippen LogP contribution in [0.5, 0.6) is 0 Å².